The molecule has 29 heavy (non-hydrogen) atoms. The molecule has 0 fully saturated rings. The fourth-order valence-electron chi connectivity index (χ4n) is 2.68. The van der Waals surface area contributed by atoms with E-state index in [4.69, 9.17) is 4.74 Å². The lowest BCUT2D eigenvalue weighted by atomic mass is 10.2. The van der Waals surface area contributed by atoms with Crippen LogP contribution in [0.1, 0.15) is 24.5 Å². The third-order valence-electron chi connectivity index (χ3n) is 4.33. The van der Waals surface area contributed by atoms with Crippen molar-refractivity contribution in [1.82, 2.24) is 16.0 Å². The van der Waals surface area contributed by atoms with E-state index < -0.39 is 0 Å². The van der Waals surface area contributed by atoms with Crippen molar-refractivity contribution in [2.75, 3.05) is 26.7 Å². The number of amides is 1. The van der Waals surface area contributed by atoms with Gasteiger partial charge in [-0.25, -0.2) is 0 Å². The summed E-state index contributed by atoms with van der Waals surface area (Å²) in [6.45, 7) is 5.24. The molecule has 0 bridgehead atoms. The van der Waals surface area contributed by atoms with Gasteiger partial charge in [-0.3, -0.25) is 9.79 Å². The zero-order valence-electron chi connectivity index (χ0n) is 17.4. The van der Waals surface area contributed by atoms with E-state index in [2.05, 4.69) is 40.0 Å². The summed E-state index contributed by atoms with van der Waals surface area (Å²) >= 11 is 0. The van der Waals surface area contributed by atoms with Crippen molar-refractivity contribution in [2.45, 2.75) is 26.5 Å². The Balaban J connectivity index is 1.55. The van der Waals surface area contributed by atoms with Crippen molar-refractivity contribution in [3.63, 3.8) is 0 Å². The zero-order chi connectivity index (χ0) is 20.7. The van der Waals surface area contributed by atoms with Gasteiger partial charge in [0.05, 0.1) is 13.2 Å². The largest absolute Gasteiger partial charge is 0.376 e. The van der Waals surface area contributed by atoms with Crippen LogP contribution in [-0.4, -0.2) is 38.6 Å². The number of guanidine groups is 1. The van der Waals surface area contributed by atoms with Gasteiger partial charge in [0.15, 0.2) is 5.96 Å². The molecule has 6 nitrogen and oxygen atoms in total. The predicted molar refractivity (Wildman–Crippen MR) is 118 cm³/mol. The number of nitrogens with zero attached hydrogens (tertiary/aromatic N) is 1. The first-order valence-corrected chi connectivity index (χ1v) is 10.0. The molecule has 0 spiro atoms. The van der Waals surface area contributed by atoms with Gasteiger partial charge in [0.2, 0.25) is 5.91 Å². The molecule has 1 amide bonds. The fraction of sp³-hybridized carbons (Fsp3) is 0.391. The SMILES string of the molecule is CN=C(NCCC(=O)NCc1ccccc1)NCC(C)COCc1ccccc1. The Kier molecular flexibility index (Phi) is 10.3. The van der Waals surface area contributed by atoms with Gasteiger partial charge in [0, 0.05) is 33.1 Å². The minimum atomic E-state index is 0.0134. The van der Waals surface area contributed by atoms with Crippen LogP contribution in [0.2, 0.25) is 0 Å². The highest BCUT2D eigenvalue weighted by Gasteiger charge is 2.06. The first-order valence-electron chi connectivity index (χ1n) is 10.0. The maximum absolute atomic E-state index is 12.0. The van der Waals surface area contributed by atoms with Crippen LogP contribution >= 0.6 is 0 Å². The molecule has 0 aliphatic rings. The van der Waals surface area contributed by atoms with Crippen molar-refractivity contribution >= 4 is 11.9 Å². The van der Waals surface area contributed by atoms with Crippen molar-refractivity contribution in [3.05, 3.63) is 71.8 Å². The maximum Gasteiger partial charge on any atom is 0.222 e. The van der Waals surface area contributed by atoms with E-state index in [1.165, 1.54) is 5.56 Å². The molecule has 6 heteroatoms. The van der Waals surface area contributed by atoms with Crippen LogP contribution in [0.3, 0.4) is 0 Å². The van der Waals surface area contributed by atoms with Crippen LogP contribution in [0.15, 0.2) is 65.7 Å². The summed E-state index contributed by atoms with van der Waals surface area (Å²) in [4.78, 5) is 16.2. The van der Waals surface area contributed by atoms with Crippen LogP contribution < -0.4 is 16.0 Å². The molecule has 0 aliphatic heterocycles. The standard InChI is InChI=1S/C23H32N4O2/c1-19(17-29-18-21-11-7-4-8-12-21)15-27-23(24-2)25-14-13-22(28)26-16-20-9-5-3-6-10-20/h3-12,19H,13-18H2,1-2H3,(H,26,28)(H2,24,25,27). The summed E-state index contributed by atoms with van der Waals surface area (Å²) in [6, 6.07) is 20.0. The Morgan fingerprint density at radius 3 is 2.28 bits per heavy atom. The van der Waals surface area contributed by atoms with E-state index in [0.717, 1.165) is 12.1 Å². The highest BCUT2D eigenvalue weighted by Crippen LogP contribution is 2.03. The number of carbonyl (C=O) groups is 1. The summed E-state index contributed by atoms with van der Waals surface area (Å²) in [7, 11) is 1.72. The smallest absolute Gasteiger partial charge is 0.222 e. The van der Waals surface area contributed by atoms with E-state index in [9.17, 15) is 4.79 Å². The molecular weight excluding hydrogens is 364 g/mol. The zero-order valence-corrected chi connectivity index (χ0v) is 17.4. The molecule has 0 aromatic heterocycles. The molecule has 2 rings (SSSR count). The van der Waals surface area contributed by atoms with Gasteiger partial charge in [0.1, 0.15) is 0 Å². The molecule has 2 aromatic rings. The molecule has 0 aliphatic carbocycles. The van der Waals surface area contributed by atoms with Gasteiger partial charge >= 0.3 is 0 Å². The third kappa shape index (κ3) is 9.76. The lowest BCUT2D eigenvalue weighted by molar-refractivity contribution is -0.121. The van der Waals surface area contributed by atoms with E-state index in [1.54, 1.807) is 7.05 Å². The van der Waals surface area contributed by atoms with Crippen LogP contribution in [0, 0.1) is 5.92 Å². The first-order chi connectivity index (χ1) is 14.2. The van der Waals surface area contributed by atoms with E-state index >= 15 is 0 Å². The number of ether oxygens (including phenoxy) is 1. The Morgan fingerprint density at radius 2 is 1.62 bits per heavy atom. The quantitative estimate of drug-likeness (QED) is 0.403. The minimum absolute atomic E-state index is 0.0134. The van der Waals surface area contributed by atoms with Crippen LogP contribution in [-0.2, 0) is 22.7 Å². The van der Waals surface area contributed by atoms with Crippen molar-refractivity contribution in [3.8, 4) is 0 Å². The van der Waals surface area contributed by atoms with Gasteiger partial charge < -0.3 is 20.7 Å². The van der Waals surface area contributed by atoms with Crippen LogP contribution in [0.25, 0.3) is 0 Å². The van der Waals surface area contributed by atoms with Crippen molar-refractivity contribution < 1.29 is 9.53 Å². The monoisotopic (exact) mass is 396 g/mol. The first kappa shape index (κ1) is 22.4. The Bertz CT molecular complexity index is 735. The molecule has 0 saturated heterocycles. The number of nitrogens with one attached hydrogen (secondary N) is 3. The van der Waals surface area contributed by atoms with Crippen molar-refractivity contribution in [2.24, 2.45) is 10.9 Å². The van der Waals surface area contributed by atoms with Crippen LogP contribution in [0.5, 0.6) is 0 Å². The van der Waals surface area contributed by atoms with Crippen molar-refractivity contribution in [1.29, 1.82) is 0 Å². The summed E-state index contributed by atoms with van der Waals surface area (Å²) in [5.74, 6) is 1.04. The summed E-state index contributed by atoms with van der Waals surface area (Å²) < 4.78 is 5.77. The lowest BCUT2D eigenvalue weighted by Gasteiger charge is -2.16. The second kappa shape index (κ2) is 13.3. The Hall–Kier alpha value is -2.86. The van der Waals surface area contributed by atoms with Gasteiger partial charge in [-0.05, 0) is 17.0 Å². The second-order valence-corrected chi connectivity index (χ2v) is 7.00. The minimum Gasteiger partial charge on any atom is -0.376 e. The average Bonchev–Trinajstić information content (AvgIpc) is 2.76. The summed E-state index contributed by atoms with van der Waals surface area (Å²) in [5, 5.41) is 9.37. The normalized spacial score (nSPS) is 12.3. The molecular formula is C23H32N4O2. The molecule has 1 atom stereocenters. The molecule has 0 saturated carbocycles. The maximum atomic E-state index is 12.0. The fourth-order valence-corrected chi connectivity index (χ4v) is 2.68. The number of hydrogen-bond donors (Lipinski definition) is 3. The highest BCUT2D eigenvalue weighted by atomic mass is 16.5. The van der Waals surface area contributed by atoms with Gasteiger partial charge in [-0.2, -0.15) is 0 Å². The molecule has 2 aromatic carbocycles. The Morgan fingerprint density at radius 1 is 0.966 bits per heavy atom. The number of hydrogen-bond acceptors (Lipinski definition) is 3. The van der Waals surface area contributed by atoms with Crippen LogP contribution in [0.4, 0.5) is 0 Å². The second-order valence-electron chi connectivity index (χ2n) is 7.00. The highest BCUT2D eigenvalue weighted by molar-refractivity contribution is 5.81. The molecule has 1 unspecified atom stereocenters. The number of benzene rings is 2. The summed E-state index contributed by atoms with van der Waals surface area (Å²) in [6.07, 6.45) is 0.392. The van der Waals surface area contributed by atoms with E-state index in [1.807, 2.05) is 48.5 Å². The predicted octanol–water partition coefficient (Wildman–Crippen LogP) is 2.71. The number of rotatable bonds is 11. The molecule has 3 N–H and O–H groups in total. The van der Waals surface area contributed by atoms with E-state index in [-0.39, 0.29) is 5.91 Å². The van der Waals surface area contributed by atoms with Gasteiger partial charge in [0.25, 0.3) is 0 Å². The molecule has 0 heterocycles. The third-order valence-corrected chi connectivity index (χ3v) is 4.33. The topological polar surface area (TPSA) is 74.8 Å². The molecule has 156 valence electrons. The van der Waals surface area contributed by atoms with E-state index in [0.29, 0.717) is 44.6 Å². The number of aliphatic imine (C=N–C) groups is 1. The molecule has 0 radical (unpaired) electrons. The van der Waals surface area contributed by atoms with Gasteiger partial charge in [-0.15, -0.1) is 0 Å². The summed E-state index contributed by atoms with van der Waals surface area (Å²) in [5.41, 5.74) is 2.27. The average molecular weight is 397 g/mol. The Labute approximate surface area is 173 Å². The van der Waals surface area contributed by atoms with Gasteiger partial charge in [-0.1, -0.05) is 67.6 Å². The lowest BCUT2D eigenvalue weighted by Crippen LogP contribution is -2.41. The number of carbonyl (C=O) groups excluding carboxylic acids is 1.